The molecule has 0 aliphatic heterocycles. The molecule has 21 heavy (non-hydrogen) atoms. The molecule has 112 valence electrons. The van der Waals surface area contributed by atoms with E-state index in [0.717, 1.165) is 24.8 Å². The Morgan fingerprint density at radius 3 is 2.95 bits per heavy atom. The molecule has 2 aromatic rings. The van der Waals surface area contributed by atoms with Crippen LogP contribution in [0.3, 0.4) is 0 Å². The summed E-state index contributed by atoms with van der Waals surface area (Å²) >= 11 is 0. The zero-order chi connectivity index (χ0) is 15.0. The van der Waals surface area contributed by atoms with E-state index in [1.807, 2.05) is 0 Å². The van der Waals surface area contributed by atoms with Crippen molar-refractivity contribution in [2.45, 2.75) is 25.3 Å². The van der Waals surface area contributed by atoms with Gasteiger partial charge in [0.1, 0.15) is 5.82 Å². The summed E-state index contributed by atoms with van der Waals surface area (Å²) in [4.78, 5) is 11.9. The molecule has 2 N–H and O–H groups in total. The standard InChI is InChI=1S/C16H19FN2O2/c1-21-16(20)14-9-19(12-4-2-10(6-12)8-18)15-5-3-11(17)7-13(14)15/h3,5,7,9-10,12H,2,4,6,8,18H2,1H3/t10-,12+/m1/s1. The Hall–Kier alpha value is -1.88. The highest BCUT2D eigenvalue weighted by atomic mass is 19.1. The predicted molar refractivity (Wildman–Crippen MR) is 78.7 cm³/mol. The number of hydrogen-bond donors (Lipinski definition) is 1. The van der Waals surface area contributed by atoms with E-state index < -0.39 is 5.97 Å². The van der Waals surface area contributed by atoms with Crippen molar-refractivity contribution in [1.29, 1.82) is 0 Å². The highest BCUT2D eigenvalue weighted by Crippen LogP contribution is 2.37. The van der Waals surface area contributed by atoms with Gasteiger partial charge in [-0.05, 0) is 49.9 Å². The zero-order valence-electron chi connectivity index (χ0n) is 12.0. The second kappa shape index (κ2) is 5.48. The Labute approximate surface area is 122 Å². The van der Waals surface area contributed by atoms with Gasteiger partial charge >= 0.3 is 5.97 Å². The highest BCUT2D eigenvalue weighted by Gasteiger charge is 2.27. The molecular formula is C16H19FN2O2. The van der Waals surface area contributed by atoms with Crippen LogP contribution in [0.1, 0.15) is 35.7 Å². The van der Waals surface area contributed by atoms with Gasteiger partial charge in [-0.15, -0.1) is 0 Å². The molecule has 1 saturated carbocycles. The second-order valence-corrected chi connectivity index (χ2v) is 5.67. The molecule has 4 nitrogen and oxygen atoms in total. The average molecular weight is 290 g/mol. The minimum atomic E-state index is -0.433. The molecule has 1 aromatic heterocycles. The van der Waals surface area contributed by atoms with E-state index in [1.54, 1.807) is 12.3 Å². The molecule has 1 aromatic carbocycles. The predicted octanol–water partition coefficient (Wildman–Crippen LogP) is 2.87. The summed E-state index contributed by atoms with van der Waals surface area (Å²) < 4.78 is 20.4. The lowest BCUT2D eigenvalue weighted by Crippen LogP contribution is -2.12. The van der Waals surface area contributed by atoms with E-state index in [9.17, 15) is 9.18 Å². The molecule has 0 spiro atoms. The van der Waals surface area contributed by atoms with E-state index in [4.69, 9.17) is 10.5 Å². The highest BCUT2D eigenvalue weighted by molar-refractivity contribution is 6.04. The van der Waals surface area contributed by atoms with Gasteiger partial charge in [0.05, 0.1) is 12.7 Å². The van der Waals surface area contributed by atoms with Crippen molar-refractivity contribution in [2.75, 3.05) is 13.7 Å². The molecule has 1 aliphatic carbocycles. The zero-order valence-corrected chi connectivity index (χ0v) is 12.0. The number of fused-ring (bicyclic) bond motifs is 1. The first-order chi connectivity index (χ1) is 10.1. The Kier molecular flexibility index (Phi) is 3.68. The first-order valence-electron chi connectivity index (χ1n) is 7.22. The van der Waals surface area contributed by atoms with Crippen LogP contribution in [0.25, 0.3) is 10.9 Å². The summed E-state index contributed by atoms with van der Waals surface area (Å²) in [6.07, 6.45) is 4.91. The number of nitrogens with two attached hydrogens (primary N) is 1. The molecule has 3 rings (SSSR count). The van der Waals surface area contributed by atoms with E-state index in [-0.39, 0.29) is 5.82 Å². The second-order valence-electron chi connectivity index (χ2n) is 5.67. The number of benzene rings is 1. The molecule has 0 radical (unpaired) electrons. The molecule has 5 heteroatoms. The number of aromatic nitrogens is 1. The summed E-state index contributed by atoms with van der Waals surface area (Å²) in [6, 6.07) is 4.86. The Morgan fingerprint density at radius 2 is 2.29 bits per heavy atom. The molecule has 0 amide bonds. The first kappa shape index (κ1) is 14.1. The number of esters is 1. The maximum Gasteiger partial charge on any atom is 0.340 e. The van der Waals surface area contributed by atoms with Crippen molar-refractivity contribution in [3.05, 3.63) is 35.8 Å². The Bertz CT molecular complexity index is 680. The lowest BCUT2D eigenvalue weighted by Gasteiger charge is -2.14. The maximum atomic E-state index is 13.5. The van der Waals surface area contributed by atoms with Crippen molar-refractivity contribution in [2.24, 2.45) is 11.7 Å². The third-order valence-corrected chi connectivity index (χ3v) is 4.44. The number of hydrogen-bond acceptors (Lipinski definition) is 3. The van der Waals surface area contributed by atoms with Gasteiger partial charge in [0.25, 0.3) is 0 Å². The van der Waals surface area contributed by atoms with Gasteiger partial charge in [-0.2, -0.15) is 0 Å². The van der Waals surface area contributed by atoms with Crippen molar-refractivity contribution < 1.29 is 13.9 Å². The minimum absolute atomic E-state index is 0.310. The minimum Gasteiger partial charge on any atom is -0.465 e. The topological polar surface area (TPSA) is 57.2 Å². The third-order valence-electron chi connectivity index (χ3n) is 4.44. The third kappa shape index (κ3) is 2.42. The van der Waals surface area contributed by atoms with E-state index in [1.165, 1.54) is 19.2 Å². The van der Waals surface area contributed by atoms with Crippen LogP contribution in [0.2, 0.25) is 0 Å². The van der Waals surface area contributed by atoms with Crippen molar-refractivity contribution in [3.63, 3.8) is 0 Å². The molecule has 0 saturated heterocycles. The van der Waals surface area contributed by atoms with Gasteiger partial charge in [-0.1, -0.05) is 0 Å². The fourth-order valence-corrected chi connectivity index (χ4v) is 3.32. The Morgan fingerprint density at radius 1 is 1.48 bits per heavy atom. The number of carbonyl (C=O) groups excluding carboxylic acids is 1. The lowest BCUT2D eigenvalue weighted by molar-refractivity contribution is 0.0602. The van der Waals surface area contributed by atoms with Crippen molar-refractivity contribution >= 4 is 16.9 Å². The number of rotatable bonds is 3. The molecule has 0 bridgehead atoms. The number of nitrogens with zero attached hydrogens (tertiary/aromatic N) is 1. The van der Waals surface area contributed by atoms with Crippen LogP contribution in [-0.4, -0.2) is 24.2 Å². The molecule has 1 aliphatic rings. The van der Waals surface area contributed by atoms with Gasteiger partial charge in [0, 0.05) is 23.1 Å². The number of methoxy groups -OCH3 is 1. The SMILES string of the molecule is COC(=O)c1cn([C@H]2CC[C@@H](CN)C2)c2ccc(F)cc12. The van der Waals surface area contributed by atoms with E-state index in [2.05, 4.69) is 4.57 Å². The maximum absolute atomic E-state index is 13.5. The monoisotopic (exact) mass is 290 g/mol. The number of ether oxygens (including phenoxy) is 1. The number of halogens is 1. The average Bonchev–Trinajstić information content (AvgIpc) is 3.10. The van der Waals surface area contributed by atoms with Crippen LogP contribution in [0, 0.1) is 11.7 Å². The summed E-state index contributed by atoms with van der Waals surface area (Å²) in [5.41, 5.74) is 7.04. The molecule has 1 heterocycles. The summed E-state index contributed by atoms with van der Waals surface area (Å²) in [6.45, 7) is 0.689. The largest absolute Gasteiger partial charge is 0.465 e. The van der Waals surface area contributed by atoms with Gasteiger partial charge in [-0.3, -0.25) is 0 Å². The van der Waals surface area contributed by atoms with Crippen LogP contribution in [0.5, 0.6) is 0 Å². The molecule has 2 atom stereocenters. The van der Waals surface area contributed by atoms with Crippen LogP contribution in [0.4, 0.5) is 4.39 Å². The Balaban J connectivity index is 2.09. The lowest BCUT2D eigenvalue weighted by atomic mass is 10.1. The summed E-state index contributed by atoms with van der Waals surface area (Å²) in [5, 5.41) is 0.609. The quantitative estimate of drug-likeness (QED) is 0.884. The van der Waals surface area contributed by atoms with Crippen LogP contribution in [-0.2, 0) is 4.74 Å². The smallest absolute Gasteiger partial charge is 0.340 e. The van der Waals surface area contributed by atoms with Gasteiger partial charge in [0.15, 0.2) is 0 Å². The van der Waals surface area contributed by atoms with E-state index in [0.29, 0.717) is 29.5 Å². The summed E-state index contributed by atoms with van der Waals surface area (Å²) in [5.74, 6) is -0.260. The fraction of sp³-hybridized carbons (Fsp3) is 0.438. The van der Waals surface area contributed by atoms with Crippen LogP contribution < -0.4 is 5.73 Å². The van der Waals surface area contributed by atoms with Gasteiger partial charge in [-0.25, -0.2) is 9.18 Å². The first-order valence-corrected chi connectivity index (χ1v) is 7.22. The van der Waals surface area contributed by atoms with E-state index >= 15 is 0 Å². The summed E-state index contributed by atoms with van der Waals surface area (Å²) in [7, 11) is 1.34. The number of carbonyl (C=O) groups is 1. The fourth-order valence-electron chi connectivity index (χ4n) is 3.32. The molecule has 1 fully saturated rings. The van der Waals surface area contributed by atoms with Crippen molar-refractivity contribution in [1.82, 2.24) is 4.57 Å². The van der Waals surface area contributed by atoms with Gasteiger partial charge < -0.3 is 15.0 Å². The van der Waals surface area contributed by atoms with Crippen molar-refractivity contribution in [3.8, 4) is 0 Å². The van der Waals surface area contributed by atoms with Gasteiger partial charge in [0.2, 0.25) is 0 Å². The molecule has 0 unspecified atom stereocenters. The van der Waals surface area contributed by atoms with Crippen LogP contribution >= 0.6 is 0 Å². The molecular weight excluding hydrogens is 271 g/mol. The normalized spacial score (nSPS) is 21.9. The van der Waals surface area contributed by atoms with Crippen LogP contribution in [0.15, 0.2) is 24.4 Å².